The van der Waals surface area contributed by atoms with Crippen LogP contribution in [0.2, 0.25) is 0 Å². The molecule has 0 aromatic heterocycles. The van der Waals surface area contributed by atoms with Crippen molar-refractivity contribution >= 4 is 11.3 Å². The van der Waals surface area contributed by atoms with E-state index < -0.39 is 0 Å². The normalized spacial score (nSPS) is 18.1. The lowest BCUT2D eigenvalue weighted by molar-refractivity contribution is 0.164. The number of hydrogen-bond acceptors (Lipinski definition) is 2. The van der Waals surface area contributed by atoms with Crippen molar-refractivity contribution in [2.75, 3.05) is 5.73 Å². The summed E-state index contributed by atoms with van der Waals surface area (Å²) in [5, 5.41) is 0. The van der Waals surface area contributed by atoms with Crippen molar-refractivity contribution in [3.8, 4) is 0 Å². The molecule has 0 spiro atoms. The van der Waals surface area contributed by atoms with E-state index in [1.165, 1.54) is 11.1 Å². The van der Waals surface area contributed by atoms with Gasteiger partial charge < -0.3 is 11.5 Å². The second-order valence-corrected chi connectivity index (χ2v) is 6.46. The summed E-state index contributed by atoms with van der Waals surface area (Å²) in [6.45, 7) is 9.08. The Bertz CT molecular complexity index is 525. The Kier molecular flexibility index (Phi) is 3.94. The second kappa shape index (κ2) is 5.35. The molecule has 0 bridgehead atoms. The van der Waals surface area contributed by atoms with E-state index in [9.17, 15) is 0 Å². The van der Waals surface area contributed by atoms with Crippen LogP contribution in [0, 0.1) is 17.3 Å². The molecule has 0 saturated carbocycles. The number of nitrogen functional groups attached to an aromatic ring is 1. The van der Waals surface area contributed by atoms with Crippen molar-refractivity contribution < 1.29 is 0 Å². The van der Waals surface area contributed by atoms with Crippen LogP contribution in [0.1, 0.15) is 39.7 Å². The van der Waals surface area contributed by atoms with E-state index in [1.54, 1.807) is 0 Å². The predicted molar refractivity (Wildman–Crippen MR) is 87.8 cm³/mol. The summed E-state index contributed by atoms with van der Waals surface area (Å²) in [7, 11) is 0. The molecule has 1 aliphatic rings. The van der Waals surface area contributed by atoms with Crippen LogP contribution in [0.5, 0.6) is 0 Å². The molecule has 1 aromatic rings. The van der Waals surface area contributed by atoms with Gasteiger partial charge in [0.1, 0.15) is 0 Å². The van der Waals surface area contributed by atoms with Gasteiger partial charge in [0.2, 0.25) is 0 Å². The Hall–Kier alpha value is -1.70. The molecule has 0 unspecified atom stereocenters. The van der Waals surface area contributed by atoms with Crippen molar-refractivity contribution in [1.29, 1.82) is 0 Å². The quantitative estimate of drug-likeness (QED) is 0.809. The summed E-state index contributed by atoms with van der Waals surface area (Å²) in [4.78, 5) is 0. The largest absolute Gasteiger partial charge is 0.402 e. The fourth-order valence-electron chi connectivity index (χ4n) is 3.46. The third-order valence-electron chi connectivity index (χ3n) is 4.83. The molecule has 0 fully saturated rings. The zero-order valence-corrected chi connectivity index (χ0v) is 13.0. The number of rotatable bonds is 3. The molecule has 0 atom stereocenters. The smallest absolute Gasteiger partial charge is 0.0314 e. The van der Waals surface area contributed by atoms with Gasteiger partial charge in [0, 0.05) is 16.8 Å². The first-order valence-corrected chi connectivity index (χ1v) is 7.40. The van der Waals surface area contributed by atoms with Crippen LogP contribution in [-0.4, -0.2) is 0 Å². The third kappa shape index (κ3) is 2.35. The Balaban J connectivity index is 2.42. The SMILES string of the molecule is CC(C)C1(C(C)C)CC(c2ccc(N)cc2)=CC=C1N. The highest BCUT2D eigenvalue weighted by Gasteiger charge is 2.41. The van der Waals surface area contributed by atoms with Crippen molar-refractivity contribution in [2.24, 2.45) is 23.0 Å². The summed E-state index contributed by atoms with van der Waals surface area (Å²) in [6.07, 6.45) is 5.24. The van der Waals surface area contributed by atoms with Gasteiger partial charge in [0.05, 0.1) is 0 Å². The van der Waals surface area contributed by atoms with Crippen LogP contribution in [0.15, 0.2) is 42.1 Å². The summed E-state index contributed by atoms with van der Waals surface area (Å²) in [5.74, 6) is 1.02. The molecular weight excluding hydrogens is 244 g/mol. The fourth-order valence-corrected chi connectivity index (χ4v) is 3.46. The van der Waals surface area contributed by atoms with E-state index in [4.69, 9.17) is 11.5 Å². The van der Waals surface area contributed by atoms with Gasteiger partial charge in [-0.05, 0) is 47.6 Å². The molecule has 2 nitrogen and oxygen atoms in total. The topological polar surface area (TPSA) is 52.0 Å². The van der Waals surface area contributed by atoms with Crippen LogP contribution in [0.4, 0.5) is 5.69 Å². The van der Waals surface area contributed by atoms with E-state index in [2.05, 4.69) is 52.0 Å². The molecule has 2 rings (SSSR count). The van der Waals surface area contributed by atoms with Crippen molar-refractivity contribution in [1.82, 2.24) is 0 Å². The zero-order chi connectivity index (χ0) is 14.9. The first-order chi connectivity index (χ1) is 9.37. The summed E-state index contributed by atoms with van der Waals surface area (Å²) in [5.41, 5.74) is 16.6. The lowest BCUT2D eigenvalue weighted by Gasteiger charge is -2.44. The molecule has 4 N–H and O–H groups in total. The Morgan fingerprint density at radius 2 is 1.45 bits per heavy atom. The monoisotopic (exact) mass is 270 g/mol. The maximum Gasteiger partial charge on any atom is 0.0314 e. The molecule has 0 aliphatic heterocycles. The van der Waals surface area contributed by atoms with Crippen molar-refractivity contribution in [3.63, 3.8) is 0 Å². The highest BCUT2D eigenvalue weighted by Crippen LogP contribution is 2.49. The standard InChI is InChI=1S/C18H26N2/c1-12(2)18(13(3)4)11-15(7-10-17(18)20)14-5-8-16(19)9-6-14/h5-10,12-13H,11,19-20H2,1-4H3. The Labute approximate surface area is 122 Å². The Morgan fingerprint density at radius 3 is 1.95 bits per heavy atom. The molecule has 0 radical (unpaired) electrons. The molecule has 108 valence electrons. The van der Waals surface area contributed by atoms with Gasteiger partial charge >= 0.3 is 0 Å². The number of benzene rings is 1. The minimum absolute atomic E-state index is 0.0471. The summed E-state index contributed by atoms with van der Waals surface area (Å²) < 4.78 is 0. The van der Waals surface area contributed by atoms with Gasteiger partial charge in [-0.2, -0.15) is 0 Å². The lowest BCUT2D eigenvalue weighted by atomic mass is 9.61. The molecule has 0 saturated heterocycles. The number of nitrogens with two attached hydrogens (primary N) is 2. The van der Waals surface area contributed by atoms with Crippen LogP contribution < -0.4 is 11.5 Å². The molecule has 0 heterocycles. The van der Waals surface area contributed by atoms with E-state index in [0.717, 1.165) is 17.8 Å². The Morgan fingerprint density at radius 1 is 0.900 bits per heavy atom. The number of anilines is 1. The summed E-state index contributed by atoms with van der Waals surface area (Å²) >= 11 is 0. The van der Waals surface area contributed by atoms with Crippen LogP contribution in [-0.2, 0) is 0 Å². The van der Waals surface area contributed by atoms with E-state index >= 15 is 0 Å². The molecule has 1 aromatic carbocycles. The van der Waals surface area contributed by atoms with Gasteiger partial charge in [0.25, 0.3) is 0 Å². The van der Waals surface area contributed by atoms with Crippen molar-refractivity contribution in [3.05, 3.63) is 47.7 Å². The van der Waals surface area contributed by atoms with Gasteiger partial charge in [-0.25, -0.2) is 0 Å². The van der Waals surface area contributed by atoms with Crippen LogP contribution in [0.3, 0.4) is 0 Å². The first kappa shape index (κ1) is 14.7. The zero-order valence-electron chi connectivity index (χ0n) is 13.0. The molecule has 2 heteroatoms. The highest BCUT2D eigenvalue weighted by molar-refractivity contribution is 5.71. The minimum Gasteiger partial charge on any atom is -0.402 e. The maximum atomic E-state index is 6.38. The number of hydrogen-bond donors (Lipinski definition) is 2. The second-order valence-electron chi connectivity index (χ2n) is 6.46. The third-order valence-corrected chi connectivity index (χ3v) is 4.83. The van der Waals surface area contributed by atoms with Crippen LogP contribution in [0.25, 0.3) is 5.57 Å². The molecular formula is C18H26N2. The van der Waals surface area contributed by atoms with Crippen LogP contribution >= 0.6 is 0 Å². The van der Waals surface area contributed by atoms with E-state index in [0.29, 0.717) is 11.8 Å². The average molecular weight is 270 g/mol. The number of allylic oxidation sites excluding steroid dienone is 4. The summed E-state index contributed by atoms with van der Waals surface area (Å²) in [6, 6.07) is 8.12. The maximum absolute atomic E-state index is 6.38. The van der Waals surface area contributed by atoms with Gasteiger partial charge in [-0.3, -0.25) is 0 Å². The van der Waals surface area contributed by atoms with Gasteiger partial charge in [0.15, 0.2) is 0 Å². The average Bonchev–Trinajstić information content (AvgIpc) is 2.39. The van der Waals surface area contributed by atoms with Crippen molar-refractivity contribution in [2.45, 2.75) is 34.1 Å². The molecule has 1 aliphatic carbocycles. The molecule has 20 heavy (non-hydrogen) atoms. The van der Waals surface area contributed by atoms with E-state index in [-0.39, 0.29) is 5.41 Å². The predicted octanol–water partition coefficient (Wildman–Crippen LogP) is 4.20. The van der Waals surface area contributed by atoms with Gasteiger partial charge in [-0.15, -0.1) is 0 Å². The molecule has 0 amide bonds. The highest BCUT2D eigenvalue weighted by atomic mass is 14.7. The lowest BCUT2D eigenvalue weighted by Crippen LogP contribution is -2.40. The van der Waals surface area contributed by atoms with E-state index in [1.807, 2.05) is 12.1 Å². The fraction of sp³-hybridized carbons (Fsp3) is 0.444. The first-order valence-electron chi connectivity index (χ1n) is 7.40. The minimum atomic E-state index is 0.0471. The van der Waals surface area contributed by atoms with Gasteiger partial charge in [-0.1, -0.05) is 45.9 Å².